The Kier molecular flexibility index (Phi) is 5.09. The van der Waals surface area contributed by atoms with Gasteiger partial charge in [0.1, 0.15) is 5.52 Å². The lowest BCUT2D eigenvalue weighted by Gasteiger charge is -2.07. The number of carbonyl (C=O) groups is 1. The number of amides is 1. The second-order valence-corrected chi connectivity index (χ2v) is 6.80. The first-order valence-corrected chi connectivity index (χ1v) is 8.86. The van der Waals surface area contributed by atoms with Crippen LogP contribution in [0.5, 0.6) is 0 Å². The molecule has 2 aromatic carbocycles. The molecule has 1 heterocycles. The number of halogens is 1. The van der Waals surface area contributed by atoms with E-state index in [4.69, 9.17) is 16.0 Å². The van der Waals surface area contributed by atoms with Gasteiger partial charge in [0.2, 0.25) is 11.8 Å². The average molecular weight is 357 g/mol. The van der Waals surface area contributed by atoms with Crippen LogP contribution in [0.3, 0.4) is 0 Å². The maximum Gasteiger partial charge on any atom is 0.227 e. The van der Waals surface area contributed by atoms with Crippen molar-refractivity contribution in [2.24, 2.45) is 0 Å². The fourth-order valence-electron chi connectivity index (χ4n) is 2.62. The Hall–Kier alpha value is -2.33. The first kappa shape index (κ1) is 17.5. The molecule has 0 saturated carbocycles. The minimum absolute atomic E-state index is 0.0549. The van der Waals surface area contributed by atoms with Gasteiger partial charge in [-0.15, -0.1) is 0 Å². The summed E-state index contributed by atoms with van der Waals surface area (Å²) in [5.41, 5.74) is 4.14. The van der Waals surface area contributed by atoms with Gasteiger partial charge >= 0.3 is 0 Å². The molecule has 25 heavy (non-hydrogen) atoms. The van der Waals surface area contributed by atoms with E-state index in [2.05, 4.69) is 30.2 Å². The summed E-state index contributed by atoms with van der Waals surface area (Å²) < 4.78 is 5.87. The van der Waals surface area contributed by atoms with Crippen molar-refractivity contribution in [3.8, 4) is 11.5 Å². The molecule has 0 saturated heterocycles. The van der Waals surface area contributed by atoms with Crippen LogP contribution in [0, 0.1) is 0 Å². The van der Waals surface area contributed by atoms with Crippen molar-refractivity contribution in [2.75, 3.05) is 5.32 Å². The smallest absolute Gasteiger partial charge is 0.227 e. The van der Waals surface area contributed by atoms with Gasteiger partial charge in [-0.3, -0.25) is 4.79 Å². The summed E-state index contributed by atoms with van der Waals surface area (Å²) in [6.45, 7) is 6.25. The van der Waals surface area contributed by atoms with Crippen molar-refractivity contribution in [3.63, 3.8) is 0 Å². The van der Waals surface area contributed by atoms with Crippen LogP contribution in [0.25, 0.3) is 22.6 Å². The van der Waals surface area contributed by atoms with Crippen molar-refractivity contribution in [3.05, 3.63) is 47.0 Å². The van der Waals surface area contributed by atoms with Crippen molar-refractivity contribution in [1.29, 1.82) is 0 Å². The van der Waals surface area contributed by atoms with Crippen molar-refractivity contribution < 1.29 is 9.21 Å². The number of hydrogen-bond donors (Lipinski definition) is 1. The molecule has 0 atom stereocenters. The third-order valence-corrected chi connectivity index (χ3v) is 4.37. The summed E-state index contributed by atoms with van der Waals surface area (Å²) in [6.07, 6.45) is 1.24. The molecule has 1 N–H and O–H groups in total. The predicted molar refractivity (Wildman–Crippen MR) is 102 cm³/mol. The van der Waals surface area contributed by atoms with Gasteiger partial charge in [-0.25, -0.2) is 4.98 Å². The van der Waals surface area contributed by atoms with Gasteiger partial charge in [0, 0.05) is 12.0 Å². The maximum atomic E-state index is 11.8. The molecule has 1 aromatic heterocycles. The Morgan fingerprint density at radius 3 is 2.76 bits per heavy atom. The SMILES string of the molecule is CCCC(=O)Nc1cc(-c2nc3cc(C(C)C)ccc3o2)ccc1Cl. The number of hydrogen-bond acceptors (Lipinski definition) is 3. The molecule has 0 spiro atoms. The van der Waals surface area contributed by atoms with Gasteiger partial charge < -0.3 is 9.73 Å². The molecule has 5 heteroatoms. The normalized spacial score (nSPS) is 11.2. The summed E-state index contributed by atoms with van der Waals surface area (Å²) in [5.74, 6) is 0.889. The van der Waals surface area contributed by atoms with E-state index in [1.165, 1.54) is 5.56 Å². The highest BCUT2D eigenvalue weighted by molar-refractivity contribution is 6.33. The number of carbonyl (C=O) groups excluding carboxylic acids is 1. The summed E-state index contributed by atoms with van der Waals surface area (Å²) in [7, 11) is 0. The van der Waals surface area contributed by atoms with E-state index in [-0.39, 0.29) is 5.91 Å². The van der Waals surface area contributed by atoms with Crippen molar-refractivity contribution >= 4 is 34.3 Å². The van der Waals surface area contributed by atoms with Crippen molar-refractivity contribution in [2.45, 2.75) is 39.5 Å². The van der Waals surface area contributed by atoms with Crippen LogP contribution in [0.2, 0.25) is 5.02 Å². The Bertz CT molecular complexity index is 915. The van der Waals surface area contributed by atoms with Crippen LogP contribution in [0.4, 0.5) is 5.69 Å². The fourth-order valence-corrected chi connectivity index (χ4v) is 2.79. The van der Waals surface area contributed by atoms with Crippen LogP contribution in [-0.4, -0.2) is 10.9 Å². The second-order valence-electron chi connectivity index (χ2n) is 6.39. The highest BCUT2D eigenvalue weighted by Gasteiger charge is 2.13. The summed E-state index contributed by atoms with van der Waals surface area (Å²) in [4.78, 5) is 16.4. The van der Waals surface area contributed by atoms with E-state index in [9.17, 15) is 4.79 Å². The van der Waals surface area contributed by atoms with E-state index in [0.29, 0.717) is 28.9 Å². The molecule has 0 fully saturated rings. The maximum absolute atomic E-state index is 11.8. The minimum atomic E-state index is -0.0549. The van der Waals surface area contributed by atoms with Crippen LogP contribution in [0.15, 0.2) is 40.8 Å². The van der Waals surface area contributed by atoms with Gasteiger partial charge in [0.25, 0.3) is 0 Å². The van der Waals surface area contributed by atoms with E-state index in [0.717, 1.165) is 23.1 Å². The molecule has 1 amide bonds. The topological polar surface area (TPSA) is 55.1 Å². The first-order valence-electron chi connectivity index (χ1n) is 8.48. The van der Waals surface area contributed by atoms with Crippen LogP contribution >= 0.6 is 11.6 Å². The molecule has 130 valence electrons. The third kappa shape index (κ3) is 3.85. The quantitative estimate of drug-likeness (QED) is 0.609. The zero-order valence-electron chi connectivity index (χ0n) is 14.6. The highest BCUT2D eigenvalue weighted by atomic mass is 35.5. The standard InChI is InChI=1S/C20H21ClN2O2/c1-4-5-19(24)22-16-11-14(6-8-15(16)21)20-23-17-10-13(12(2)3)7-9-18(17)25-20/h6-12H,4-5H2,1-3H3,(H,22,24). The zero-order valence-corrected chi connectivity index (χ0v) is 15.4. The number of benzene rings is 2. The van der Waals surface area contributed by atoms with E-state index in [1.54, 1.807) is 12.1 Å². The lowest BCUT2D eigenvalue weighted by molar-refractivity contribution is -0.116. The molecule has 0 bridgehead atoms. The Morgan fingerprint density at radius 1 is 1.24 bits per heavy atom. The molecule has 0 unspecified atom stereocenters. The van der Waals surface area contributed by atoms with Crippen LogP contribution < -0.4 is 5.32 Å². The summed E-state index contributed by atoms with van der Waals surface area (Å²) in [5, 5.41) is 3.33. The number of aromatic nitrogens is 1. The average Bonchev–Trinajstić information content (AvgIpc) is 3.00. The fraction of sp³-hybridized carbons (Fsp3) is 0.300. The first-order chi connectivity index (χ1) is 12.0. The summed E-state index contributed by atoms with van der Waals surface area (Å²) in [6, 6.07) is 11.4. The molecule has 0 radical (unpaired) electrons. The van der Waals surface area contributed by atoms with Gasteiger partial charge in [-0.2, -0.15) is 0 Å². The number of fused-ring (bicyclic) bond motifs is 1. The largest absolute Gasteiger partial charge is 0.436 e. The van der Waals surface area contributed by atoms with Crippen molar-refractivity contribution in [1.82, 2.24) is 4.98 Å². The number of nitrogens with one attached hydrogen (secondary N) is 1. The van der Waals surface area contributed by atoms with Gasteiger partial charge in [0.15, 0.2) is 5.58 Å². The molecule has 4 nitrogen and oxygen atoms in total. The Balaban J connectivity index is 1.96. The van der Waals surface area contributed by atoms with E-state index < -0.39 is 0 Å². The molecule has 0 aliphatic rings. The molecule has 0 aliphatic heterocycles. The van der Waals surface area contributed by atoms with Gasteiger partial charge in [-0.1, -0.05) is 38.4 Å². The van der Waals surface area contributed by atoms with Gasteiger partial charge in [0.05, 0.1) is 10.7 Å². The van der Waals surface area contributed by atoms with Crippen LogP contribution in [-0.2, 0) is 4.79 Å². The van der Waals surface area contributed by atoms with E-state index >= 15 is 0 Å². The third-order valence-electron chi connectivity index (χ3n) is 4.04. The van der Waals surface area contributed by atoms with Crippen LogP contribution in [0.1, 0.15) is 45.1 Å². The number of rotatable bonds is 5. The molecule has 3 aromatic rings. The number of nitrogens with zero attached hydrogens (tertiary/aromatic N) is 1. The van der Waals surface area contributed by atoms with Gasteiger partial charge in [-0.05, 0) is 48.2 Å². The molecule has 3 rings (SSSR count). The number of anilines is 1. The lowest BCUT2D eigenvalue weighted by Crippen LogP contribution is -2.10. The summed E-state index contributed by atoms with van der Waals surface area (Å²) >= 11 is 6.20. The molecular weight excluding hydrogens is 336 g/mol. The zero-order chi connectivity index (χ0) is 18.0. The second kappa shape index (κ2) is 7.28. The predicted octanol–water partition coefficient (Wildman–Crippen LogP) is 6.01. The monoisotopic (exact) mass is 356 g/mol. The Morgan fingerprint density at radius 2 is 2.04 bits per heavy atom. The highest BCUT2D eigenvalue weighted by Crippen LogP contribution is 2.31. The van der Waals surface area contributed by atoms with E-state index in [1.807, 2.05) is 25.1 Å². The Labute approximate surface area is 152 Å². The molecule has 0 aliphatic carbocycles. The number of oxazole rings is 1. The minimum Gasteiger partial charge on any atom is -0.436 e. The lowest BCUT2D eigenvalue weighted by atomic mass is 10.0. The molecular formula is C20H21ClN2O2.